The zero-order valence-corrected chi connectivity index (χ0v) is 18.7. The number of fused-ring (bicyclic) bond motifs is 1. The molecule has 4 heteroatoms. The van der Waals surface area contributed by atoms with E-state index in [0.717, 1.165) is 29.0 Å². The number of aryl methyl sites for hydroxylation is 4. The van der Waals surface area contributed by atoms with E-state index in [9.17, 15) is 4.79 Å². The number of nitrogens with zero attached hydrogens (tertiary/aromatic N) is 2. The fraction of sp³-hybridized carbons (Fsp3) is 0.259. The van der Waals surface area contributed by atoms with Gasteiger partial charge in [0, 0.05) is 25.1 Å². The molecule has 4 aromatic rings. The van der Waals surface area contributed by atoms with Gasteiger partial charge in [0.1, 0.15) is 5.82 Å². The molecule has 0 unspecified atom stereocenters. The van der Waals surface area contributed by atoms with Crippen LogP contribution in [-0.4, -0.2) is 22.0 Å². The Morgan fingerprint density at radius 3 is 2.29 bits per heavy atom. The molecular formula is C27H29N3O. The van der Waals surface area contributed by atoms with Gasteiger partial charge in [-0.15, -0.1) is 0 Å². The summed E-state index contributed by atoms with van der Waals surface area (Å²) in [5, 5.41) is 3.04. The molecule has 1 aromatic heterocycles. The van der Waals surface area contributed by atoms with Crippen LogP contribution in [0.1, 0.15) is 44.0 Å². The summed E-state index contributed by atoms with van der Waals surface area (Å²) in [7, 11) is 0. The molecule has 0 saturated carbocycles. The van der Waals surface area contributed by atoms with Gasteiger partial charge in [-0.1, -0.05) is 47.5 Å². The van der Waals surface area contributed by atoms with Crippen LogP contribution in [-0.2, 0) is 13.0 Å². The molecule has 0 radical (unpaired) electrons. The molecule has 4 nitrogen and oxygen atoms in total. The maximum Gasteiger partial charge on any atom is 0.251 e. The summed E-state index contributed by atoms with van der Waals surface area (Å²) in [6.45, 7) is 9.83. The normalized spacial score (nSPS) is 11.1. The van der Waals surface area contributed by atoms with Gasteiger partial charge in [-0.3, -0.25) is 4.79 Å². The van der Waals surface area contributed by atoms with Gasteiger partial charge in [-0.2, -0.15) is 0 Å². The van der Waals surface area contributed by atoms with E-state index in [0.29, 0.717) is 18.5 Å². The van der Waals surface area contributed by atoms with Gasteiger partial charge in [0.25, 0.3) is 5.91 Å². The van der Waals surface area contributed by atoms with E-state index in [1.807, 2.05) is 37.3 Å². The van der Waals surface area contributed by atoms with E-state index in [-0.39, 0.29) is 5.91 Å². The van der Waals surface area contributed by atoms with Crippen LogP contribution < -0.4 is 5.32 Å². The van der Waals surface area contributed by atoms with Crippen molar-refractivity contribution in [1.29, 1.82) is 0 Å². The molecule has 0 saturated heterocycles. The zero-order valence-electron chi connectivity index (χ0n) is 18.7. The summed E-state index contributed by atoms with van der Waals surface area (Å²) in [6.07, 6.45) is 0.677. The zero-order chi connectivity index (χ0) is 22.0. The molecule has 0 spiro atoms. The Labute approximate surface area is 183 Å². The molecule has 158 valence electrons. The molecule has 1 amide bonds. The quantitative estimate of drug-likeness (QED) is 0.469. The summed E-state index contributed by atoms with van der Waals surface area (Å²) in [6, 6.07) is 20.4. The molecule has 0 fully saturated rings. The molecule has 0 aliphatic heterocycles. The highest BCUT2D eigenvalue weighted by Crippen LogP contribution is 2.22. The monoisotopic (exact) mass is 411 g/mol. The van der Waals surface area contributed by atoms with Gasteiger partial charge in [0.2, 0.25) is 0 Å². The Balaban J connectivity index is 1.57. The average molecular weight is 412 g/mol. The van der Waals surface area contributed by atoms with E-state index in [1.54, 1.807) is 0 Å². The van der Waals surface area contributed by atoms with Crippen molar-refractivity contribution in [2.75, 3.05) is 6.54 Å². The second-order valence-corrected chi connectivity index (χ2v) is 8.35. The van der Waals surface area contributed by atoms with Crippen LogP contribution in [0.3, 0.4) is 0 Å². The molecule has 4 rings (SSSR count). The van der Waals surface area contributed by atoms with Crippen molar-refractivity contribution >= 4 is 16.9 Å². The van der Waals surface area contributed by atoms with Crippen molar-refractivity contribution < 1.29 is 4.79 Å². The lowest BCUT2D eigenvalue weighted by molar-refractivity contribution is 0.0954. The van der Waals surface area contributed by atoms with E-state index in [1.165, 1.54) is 22.3 Å². The highest BCUT2D eigenvalue weighted by Gasteiger charge is 2.14. The topological polar surface area (TPSA) is 46.9 Å². The number of benzene rings is 3. The number of rotatable bonds is 6. The summed E-state index contributed by atoms with van der Waals surface area (Å²) in [4.78, 5) is 17.4. The second kappa shape index (κ2) is 8.76. The summed E-state index contributed by atoms with van der Waals surface area (Å²) in [5.74, 6) is 0.942. The lowest BCUT2D eigenvalue weighted by Gasteiger charge is -2.15. The number of hydrogen-bond acceptors (Lipinski definition) is 2. The number of aromatic nitrogens is 2. The summed E-state index contributed by atoms with van der Waals surface area (Å²) in [5.41, 5.74) is 9.17. The molecule has 31 heavy (non-hydrogen) atoms. The number of carbonyl (C=O) groups is 1. The van der Waals surface area contributed by atoms with Crippen LogP contribution in [0.25, 0.3) is 11.0 Å². The lowest BCUT2D eigenvalue weighted by atomic mass is 9.99. The molecule has 0 aliphatic carbocycles. The van der Waals surface area contributed by atoms with Crippen molar-refractivity contribution in [3.8, 4) is 0 Å². The van der Waals surface area contributed by atoms with Crippen LogP contribution in [0, 0.1) is 27.7 Å². The Kier molecular flexibility index (Phi) is 5.90. The average Bonchev–Trinajstić information content (AvgIpc) is 3.08. The molecule has 0 atom stereocenters. The van der Waals surface area contributed by atoms with E-state index >= 15 is 0 Å². The van der Waals surface area contributed by atoms with Crippen molar-refractivity contribution in [2.45, 2.75) is 40.7 Å². The highest BCUT2D eigenvalue weighted by atomic mass is 16.1. The molecule has 0 aliphatic rings. The first-order chi connectivity index (χ1) is 14.9. The predicted octanol–water partition coefficient (Wildman–Crippen LogP) is 5.29. The highest BCUT2D eigenvalue weighted by molar-refractivity contribution is 5.94. The standard InChI is InChI=1S/C27H29N3O/c1-18-9-11-22(12-10-18)27(31)28-14-13-26-29-24-7-5-6-8-25(24)30(26)17-23-20(3)15-19(2)16-21(23)4/h5-12,15-16H,13-14,17H2,1-4H3,(H,28,31). The maximum atomic E-state index is 12.5. The van der Waals surface area contributed by atoms with Gasteiger partial charge in [0.05, 0.1) is 11.0 Å². The molecule has 1 N–H and O–H groups in total. The predicted molar refractivity (Wildman–Crippen MR) is 127 cm³/mol. The van der Waals surface area contributed by atoms with Crippen LogP contribution in [0.2, 0.25) is 0 Å². The van der Waals surface area contributed by atoms with Crippen molar-refractivity contribution in [2.24, 2.45) is 0 Å². The van der Waals surface area contributed by atoms with Crippen molar-refractivity contribution in [3.63, 3.8) is 0 Å². The number of nitrogens with one attached hydrogen (secondary N) is 1. The van der Waals surface area contributed by atoms with Crippen LogP contribution in [0.5, 0.6) is 0 Å². The molecule has 1 heterocycles. The third-order valence-corrected chi connectivity index (χ3v) is 5.84. The molecular weight excluding hydrogens is 382 g/mol. The van der Waals surface area contributed by atoms with Crippen molar-refractivity contribution in [3.05, 3.63) is 99.9 Å². The Morgan fingerprint density at radius 2 is 1.58 bits per heavy atom. The van der Waals surface area contributed by atoms with E-state index in [4.69, 9.17) is 4.98 Å². The van der Waals surface area contributed by atoms with Gasteiger partial charge in [-0.05, 0) is 68.7 Å². The summed E-state index contributed by atoms with van der Waals surface area (Å²) >= 11 is 0. The summed E-state index contributed by atoms with van der Waals surface area (Å²) < 4.78 is 2.29. The molecule has 3 aromatic carbocycles. The lowest BCUT2D eigenvalue weighted by Crippen LogP contribution is -2.26. The Morgan fingerprint density at radius 1 is 0.903 bits per heavy atom. The number of hydrogen-bond donors (Lipinski definition) is 1. The van der Waals surface area contributed by atoms with Crippen LogP contribution >= 0.6 is 0 Å². The number of amides is 1. The van der Waals surface area contributed by atoms with Gasteiger partial charge in [-0.25, -0.2) is 4.98 Å². The fourth-order valence-electron chi connectivity index (χ4n) is 4.20. The number of carbonyl (C=O) groups excluding carboxylic acids is 1. The second-order valence-electron chi connectivity index (χ2n) is 8.35. The Hall–Kier alpha value is -3.40. The van der Waals surface area contributed by atoms with Gasteiger partial charge in [0.15, 0.2) is 0 Å². The van der Waals surface area contributed by atoms with E-state index < -0.39 is 0 Å². The van der Waals surface area contributed by atoms with E-state index in [2.05, 4.69) is 61.0 Å². The first-order valence-electron chi connectivity index (χ1n) is 10.8. The van der Waals surface area contributed by atoms with Gasteiger partial charge < -0.3 is 9.88 Å². The third kappa shape index (κ3) is 4.53. The first kappa shape index (κ1) is 20.9. The minimum absolute atomic E-state index is 0.0483. The van der Waals surface area contributed by atoms with Crippen LogP contribution in [0.4, 0.5) is 0 Å². The fourth-order valence-corrected chi connectivity index (χ4v) is 4.20. The minimum Gasteiger partial charge on any atom is -0.352 e. The number of para-hydroxylation sites is 2. The third-order valence-electron chi connectivity index (χ3n) is 5.84. The van der Waals surface area contributed by atoms with Gasteiger partial charge >= 0.3 is 0 Å². The molecule has 0 bridgehead atoms. The Bertz CT molecular complexity index is 1210. The van der Waals surface area contributed by atoms with Crippen molar-refractivity contribution in [1.82, 2.24) is 14.9 Å². The largest absolute Gasteiger partial charge is 0.352 e. The first-order valence-corrected chi connectivity index (χ1v) is 10.8. The SMILES string of the molecule is Cc1ccc(C(=O)NCCc2nc3ccccc3n2Cc2c(C)cc(C)cc2C)cc1. The minimum atomic E-state index is -0.0483. The number of imidazole rings is 1. The van der Waals surface area contributed by atoms with Crippen LogP contribution in [0.15, 0.2) is 60.7 Å². The smallest absolute Gasteiger partial charge is 0.251 e. The maximum absolute atomic E-state index is 12.5.